The molecule has 0 atom stereocenters. The first-order valence-electron chi connectivity index (χ1n) is 6.25. The maximum atomic E-state index is 13.3. The summed E-state index contributed by atoms with van der Waals surface area (Å²) < 4.78 is 40.3. The van der Waals surface area contributed by atoms with E-state index < -0.39 is 22.4 Å². The van der Waals surface area contributed by atoms with Gasteiger partial charge in [0, 0.05) is 4.88 Å². The van der Waals surface area contributed by atoms with Crippen molar-refractivity contribution in [1.29, 1.82) is 0 Å². The Morgan fingerprint density at radius 1 is 1.43 bits per heavy atom. The number of thiazole rings is 1. The molecule has 0 fully saturated rings. The first-order chi connectivity index (χ1) is 9.87. The number of aromatic nitrogens is 1. The summed E-state index contributed by atoms with van der Waals surface area (Å²) in [6.45, 7) is 3.29. The van der Waals surface area contributed by atoms with Gasteiger partial charge in [0.15, 0.2) is 5.13 Å². The van der Waals surface area contributed by atoms with E-state index in [0.29, 0.717) is 6.42 Å². The fourth-order valence-electron chi connectivity index (χ4n) is 1.88. The summed E-state index contributed by atoms with van der Waals surface area (Å²) in [6, 6.07) is 3.23. The van der Waals surface area contributed by atoms with Gasteiger partial charge in [-0.1, -0.05) is 13.0 Å². The molecule has 114 valence electrons. The van der Waals surface area contributed by atoms with Crippen molar-refractivity contribution in [3.8, 4) is 0 Å². The van der Waals surface area contributed by atoms with Crippen LogP contribution in [0.2, 0.25) is 0 Å². The van der Waals surface area contributed by atoms with Crippen LogP contribution >= 0.6 is 11.3 Å². The van der Waals surface area contributed by atoms with Gasteiger partial charge in [-0.2, -0.15) is 0 Å². The number of halogens is 1. The van der Waals surface area contributed by atoms with Gasteiger partial charge in [-0.25, -0.2) is 17.8 Å². The summed E-state index contributed by atoms with van der Waals surface area (Å²) in [5.41, 5.74) is 0.951. The molecule has 0 bridgehead atoms. The summed E-state index contributed by atoms with van der Waals surface area (Å²) in [7, 11) is -3.99. The van der Waals surface area contributed by atoms with Crippen LogP contribution in [-0.4, -0.2) is 18.5 Å². The normalized spacial score (nSPS) is 11.6. The van der Waals surface area contributed by atoms with E-state index in [1.807, 2.05) is 13.8 Å². The van der Waals surface area contributed by atoms with Gasteiger partial charge >= 0.3 is 0 Å². The Kier molecular flexibility index (Phi) is 4.60. The monoisotopic (exact) mass is 330 g/mol. The van der Waals surface area contributed by atoms with Crippen molar-refractivity contribution in [2.24, 2.45) is 0 Å². The quantitative estimate of drug-likeness (QED) is 0.882. The molecule has 5 nitrogen and oxygen atoms in total. The van der Waals surface area contributed by atoms with Gasteiger partial charge in [0.05, 0.1) is 17.2 Å². The molecule has 0 aliphatic carbocycles. The topological polar surface area (TPSA) is 79.3 Å². The standard InChI is InChI=1S/C13H15FN2O3S2/c1-3-11-8(2)20-13(15-11)16-21(18,19)12-6-10(14)5-4-9(12)7-17/h4-6,17H,3,7H2,1-2H3,(H,15,16). The van der Waals surface area contributed by atoms with Crippen molar-refractivity contribution < 1.29 is 17.9 Å². The molecule has 8 heteroatoms. The van der Waals surface area contributed by atoms with Gasteiger partial charge in [-0.15, -0.1) is 11.3 Å². The Labute approximate surface area is 126 Å². The predicted molar refractivity (Wildman–Crippen MR) is 79.4 cm³/mol. The first-order valence-corrected chi connectivity index (χ1v) is 8.55. The van der Waals surface area contributed by atoms with Gasteiger partial charge in [0.2, 0.25) is 0 Å². The molecule has 0 unspecified atom stereocenters. The molecular formula is C13H15FN2O3S2. The lowest BCUT2D eigenvalue weighted by Crippen LogP contribution is -2.15. The fourth-order valence-corrected chi connectivity index (χ4v) is 4.26. The van der Waals surface area contributed by atoms with Crippen LogP contribution in [0.1, 0.15) is 23.1 Å². The van der Waals surface area contributed by atoms with Crippen LogP contribution < -0.4 is 4.72 Å². The largest absolute Gasteiger partial charge is 0.392 e. The fraction of sp³-hybridized carbons (Fsp3) is 0.308. The molecule has 0 aliphatic rings. The molecule has 1 aromatic heterocycles. The Morgan fingerprint density at radius 3 is 2.71 bits per heavy atom. The van der Waals surface area contributed by atoms with Crippen molar-refractivity contribution in [2.45, 2.75) is 31.8 Å². The Hall–Kier alpha value is -1.51. The van der Waals surface area contributed by atoms with Crippen LogP contribution in [0.3, 0.4) is 0 Å². The Balaban J connectivity index is 2.40. The van der Waals surface area contributed by atoms with E-state index in [2.05, 4.69) is 9.71 Å². The molecule has 0 aliphatic heterocycles. The molecule has 0 saturated carbocycles. The third kappa shape index (κ3) is 3.39. The van der Waals surface area contributed by atoms with Crippen molar-refractivity contribution in [1.82, 2.24) is 4.98 Å². The number of sulfonamides is 1. The SMILES string of the molecule is CCc1nc(NS(=O)(=O)c2cc(F)ccc2CO)sc1C. The molecule has 0 amide bonds. The lowest BCUT2D eigenvalue weighted by molar-refractivity contribution is 0.278. The molecular weight excluding hydrogens is 315 g/mol. The number of nitrogens with one attached hydrogen (secondary N) is 1. The number of benzene rings is 1. The highest BCUT2D eigenvalue weighted by Gasteiger charge is 2.21. The molecule has 0 radical (unpaired) electrons. The highest BCUT2D eigenvalue weighted by molar-refractivity contribution is 7.93. The van der Waals surface area contributed by atoms with Crippen LogP contribution in [0.25, 0.3) is 0 Å². The zero-order chi connectivity index (χ0) is 15.6. The lowest BCUT2D eigenvalue weighted by atomic mass is 10.2. The van der Waals surface area contributed by atoms with Crippen molar-refractivity contribution in [3.05, 3.63) is 40.2 Å². The number of aliphatic hydroxyl groups is 1. The molecule has 0 saturated heterocycles. The van der Waals surface area contributed by atoms with Crippen LogP contribution in [0.15, 0.2) is 23.1 Å². The van der Waals surface area contributed by atoms with E-state index in [1.54, 1.807) is 0 Å². The zero-order valence-corrected chi connectivity index (χ0v) is 13.2. The molecule has 2 N–H and O–H groups in total. The lowest BCUT2D eigenvalue weighted by Gasteiger charge is -2.09. The van der Waals surface area contributed by atoms with E-state index in [9.17, 15) is 17.9 Å². The average Bonchev–Trinajstić information content (AvgIpc) is 2.77. The minimum atomic E-state index is -3.99. The third-order valence-electron chi connectivity index (χ3n) is 2.94. The number of nitrogens with zero attached hydrogens (tertiary/aromatic N) is 1. The van der Waals surface area contributed by atoms with E-state index in [4.69, 9.17) is 0 Å². The van der Waals surface area contributed by atoms with Crippen LogP contribution in [0.4, 0.5) is 9.52 Å². The first kappa shape index (κ1) is 15.9. The number of rotatable bonds is 5. The smallest absolute Gasteiger partial charge is 0.264 e. The predicted octanol–water partition coefficient (Wildman–Crippen LogP) is 2.45. The van der Waals surface area contributed by atoms with E-state index in [-0.39, 0.29) is 15.6 Å². The van der Waals surface area contributed by atoms with Crippen LogP contribution in [-0.2, 0) is 23.1 Å². The molecule has 1 aromatic carbocycles. The third-order valence-corrected chi connectivity index (χ3v) is 5.42. The second kappa shape index (κ2) is 6.08. The van der Waals surface area contributed by atoms with Gasteiger partial charge in [0.25, 0.3) is 10.0 Å². The van der Waals surface area contributed by atoms with Crippen LogP contribution in [0, 0.1) is 12.7 Å². The second-order valence-electron chi connectivity index (χ2n) is 4.39. The van der Waals surface area contributed by atoms with E-state index >= 15 is 0 Å². The number of aliphatic hydroxyl groups excluding tert-OH is 1. The maximum Gasteiger partial charge on any atom is 0.264 e. The minimum absolute atomic E-state index is 0.132. The van der Waals surface area contributed by atoms with Gasteiger partial charge in [-0.3, -0.25) is 4.72 Å². The number of aryl methyl sites for hydroxylation is 2. The maximum absolute atomic E-state index is 13.3. The summed E-state index contributed by atoms with van der Waals surface area (Å²) in [4.78, 5) is 4.83. The molecule has 0 spiro atoms. The molecule has 2 aromatic rings. The molecule has 21 heavy (non-hydrogen) atoms. The van der Waals surface area contributed by atoms with Crippen molar-refractivity contribution in [2.75, 3.05) is 4.72 Å². The average molecular weight is 330 g/mol. The van der Waals surface area contributed by atoms with Crippen molar-refractivity contribution >= 4 is 26.5 Å². The molecule has 2 rings (SSSR count). The number of anilines is 1. The van der Waals surface area contributed by atoms with Crippen molar-refractivity contribution in [3.63, 3.8) is 0 Å². The van der Waals surface area contributed by atoms with Gasteiger partial charge in [-0.05, 0) is 31.0 Å². The molecule has 1 heterocycles. The summed E-state index contributed by atoms with van der Waals surface area (Å²) in [5, 5.41) is 9.43. The van der Waals surface area contributed by atoms with E-state index in [1.165, 1.54) is 17.4 Å². The van der Waals surface area contributed by atoms with Gasteiger partial charge in [0.1, 0.15) is 5.82 Å². The minimum Gasteiger partial charge on any atom is -0.392 e. The summed E-state index contributed by atoms with van der Waals surface area (Å²) >= 11 is 1.22. The number of hydrogen-bond donors (Lipinski definition) is 2. The highest BCUT2D eigenvalue weighted by atomic mass is 32.2. The Bertz CT molecular complexity index is 757. The van der Waals surface area contributed by atoms with E-state index in [0.717, 1.165) is 22.7 Å². The number of hydrogen-bond acceptors (Lipinski definition) is 5. The summed E-state index contributed by atoms with van der Waals surface area (Å²) in [6.07, 6.45) is 0.700. The highest BCUT2D eigenvalue weighted by Crippen LogP contribution is 2.26. The zero-order valence-electron chi connectivity index (χ0n) is 11.6. The summed E-state index contributed by atoms with van der Waals surface area (Å²) in [5.74, 6) is -0.683. The van der Waals surface area contributed by atoms with Gasteiger partial charge < -0.3 is 5.11 Å². The Morgan fingerprint density at radius 2 is 2.14 bits per heavy atom. The second-order valence-corrected chi connectivity index (χ2v) is 7.25. The van der Waals surface area contributed by atoms with Crippen LogP contribution in [0.5, 0.6) is 0 Å².